The zero-order valence-corrected chi connectivity index (χ0v) is 14.8. The minimum Gasteiger partial charge on any atom is -0.444 e. The Morgan fingerprint density at radius 2 is 1.77 bits per heavy atom. The third kappa shape index (κ3) is 4.61. The molecule has 4 heteroatoms. The molecule has 0 aromatic heterocycles. The molecular weight excluding hydrogens is 276 g/mol. The van der Waals surface area contributed by atoms with Gasteiger partial charge < -0.3 is 15.4 Å². The third-order valence-electron chi connectivity index (χ3n) is 5.46. The van der Waals surface area contributed by atoms with Gasteiger partial charge in [-0.2, -0.15) is 0 Å². The predicted octanol–water partition coefficient (Wildman–Crippen LogP) is 3.85. The number of amides is 1. The second-order valence-corrected chi connectivity index (χ2v) is 8.22. The normalized spacial score (nSPS) is 24.5. The Morgan fingerprint density at radius 3 is 2.32 bits per heavy atom. The molecule has 2 fully saturated rings. The minimum absolute atomic E-state index is 0.0669. The summed E-state index contributed by atoms with van der Waals surface area (Å²) in [6.45, 7) is 10.3. The highest BCUT2D eigenvalue weighted by molar-refractivity contribution is 5.69. The van der Waals surface area contributed by atoms with Gasteiger partial charge in [-0.3, -0.25) is 0 Å². The van der Waals surface area contributed by atoms with Crippen LogP contribution in [0.3, 0.4) is 0 Å². The van der Waals surface area contributed by atoms with E-state index in [1.165, 1.54) is 32.1 Å². The van der Waals surface area contributed by atoms with Crippen molar-refractivity contribution in [3.8, 4) is 0 Å². The summed E-state index contributed by atoms with van der Waals surface area (Å²) in [5.41, 5.74) is -0.499. The maximum absolute atomic E-state index is 12.4. The van der Waals surface area contributed by atoms with E-state index in [0.29, 0.717) is 11.8 Å². The molecule has 1 atom stereocenters. The van der Waals surface area contributed by atoms with Crippen molar-refractivity contribution in [3.05, 3.63) is 0 Å². The number of nitrogens with one attached hydrogen (secondary N) is 2. The van der Waals surface area contributed by atoms with Crippen molar-refractivity contribution in [1.29, 1.82) is 0 Å². The van der Waals surface area contributed by atoms with Gasteiger partial charge in [0.25, 0.3) is 0 Å². The number of carbonyl (C=O) groups is 1. The Kier molecular flexibility index (Phi) is 5.76. The van der Waals surface area contributed by atoms with Crippen LogP contribution in [0.5, 0.6) is 0 Å². The van der Waals surface area contributed by atoms with Crippen LogP contribution >= 0.6 is 0 Å². The summed E-state index contributed by atoms with van der Waals surface area (Å²) in [6, 6.07) is 0. The number of alkyl carbamates (subject to hydrolysis) is 1. The molecule has 0 spiro atoms. The summed E-state index contributed by atoms with van der Waals surface area (Å²) in [4.78, 5) is 12.4. The number of carbonyl (C=O) groups excluding carboxylic acids is 1. The fraction of sp³-hybridized carbons (Fsp3) is 0.944. The molecule has 1 saturated heterocycles. The van der Waals surface area contributed by atoms with Gasteiger partial charge in [-0.15, -0.1) is 0 Å². The molecule has 22 heavy (non-hydrogen) atoms. The van der Waals surface area contributed by atoms with Gasteiger partial charge >= 0.3 is 6.09 Å². The number of piperidine rings is 1. The van der Waals surface area contributed by atoms with Crippen LogP contribution in [0.15, 0.2) is 0 Å². The van der Waals surface area contributed by atoms with E-state index >= 15 is 0 Å². The van der Waals surface area contributed by atoms with Crippen molar-refractivity contribution < 1.29 is 9.53 Å². The van der Waals surface area contributed by atoms with Crippen LogP contribution in [0, 0.1) is 11.8 Å². The van der Waals surface area contributed by atoms with E-state index in [4.69, 9.17) is 4.74 Å². The van der Waals surface area contributed by atoms with Crippen LogP contribution in [0.25, 0.3) is 0 Å². The van der Waals surface area contributed by atoms with Crippen molar-refractivity contribution in [3.63, 3.8) is 0 Å². The van der Waals surface area contributed by atoms with E-state index < -0.39 is 5.60 Å². The quantitative estimate of drug-likeness (QED) is 0.832. The summed E-state index contributed by atoms with van der Waals surface area (Å²) in [6.07, 6.45) is 8.11. The van der Waals surface area contributed by atoms with E-state index in [-0.39, 0.29) is 11.6 Å². The average molecular weight is 310 g/mol. The number of ether oxygens (including phenoxy) is 1. The lowest BCUT2D eigenvalue weighted by Crippen LogP contribution is -2.57. The molecule has 0 aromatic rings. The Morgan fingerprint density at radius 1 is 1.18 bits per heavy atom. The molecule has 0 aromatic carbocycles. The second-order valence-electron chi connectivity index (χ2n) is 8.22. The lowest BCUT2D eigenvalue weighted by molar-refractivity contribution is 0.0285. The molecule has 2 aliphatic rings. The maximum Gasteiger partial charge on any atom is 0.408 e. The van der Waals surface area contributed by atoms with E-state index in [1.807, 2.05) is 20.8 Å². The van der Waals surface area contributed by atoms with Gasteiger partial charge in [0.2, 0.25) is 0 Å². The van der Waals surface area contributed by atoms with E-state index in [0.717, 1.165) is 25.9 Å². The third-order valence-corrected chi connectivity index (χ3v) is 5.46. The molecule has 1 aliphatic carbocycles. The van der Waals surface area contributed by atoms with Crippen LogP contribution in [-0.4, -0.2) is 30.3 Å². The van der Waals surface area contributed by atoms with E-state index in [2.05, 4.69) is 17.6 Å². The Bertz CT molecular complexity index is 364. The van der Waals surface area contributed by atoms with Gasteiger partial charge in [-0.25, -0.2) is 4.79 Å². The Hall–Kier alpha value is -0.770. The molecule has 1 amide bonds. The topological polar surface area (TPSA) is 50.4 Å². The molecular formula is C18H34N2O2. The maximum atomic E-state index is 12.4. The highest BCUT2D eigenvalue weighted by Gasteiger charge is 2.43. The van der Waals surface area contributed by atoms with Crippen LogP contribution in [-0.2, 0) is 4.74 Å². The zero-order valence-electron chi connectivity index (χ0n) is 14.8. The Labute approximate surface area is 135 Å². The highest BCUT2D eigenvalue weighted by atomic mass is 16.6. The van der Waals surface area contributed by atoms with Gasteiger partial charge in [0.05, 0.1) is 0 Å². The summed E-state index contributed by atoms with van der Waals surface area (Å²) in [5.74, 6) is 1.22. The van der Waals surface area contributed by atoms with E-state index in [1.54, 1.807) is 0 Å². The van der Waals surface area contributed by atoms with Crippen molar-refractivity contribution in [2.24, 2.45) is 11.8 Å². The smallest absolute Gasteiger partial charge is 0.408 e. The minimum atomic E-state index is -0.433. The van der Waals surface area contributed by atoms with Crippen molar-refractivity contribution in [2.45, 2.75) is 83.8 Å². The lowest BCUT2D eigenvalue weighted by atomic mass is 9.67. The molecule has 1 heterocycles. The molecule has 0 radical (unpaired) electrons. The summed E-state index contributed by atoms with van der Waals surface area (Å²) >= 11 is 0. The summed E-state index contributed by atoms with van der Waals surface area (Å²) in [5, 5.41) is 6.75. The van der Waals surface area contributed by atoms with Crippen LogP contribution < -0.4 is 10.6 Å². The predicted molar refractivity (Wildman–Crippen MR) is 89.9 cm³/mol. The first-order chi connectivity index (χ1) is 10.3. The average Bonchev–Trinajstić information content (AvgIpc) is 2.46. The number of hydrogen-bond acceptors (Lipinski definition) is 3. The summed E-state index contributed by atoms with van der Waals surface area (Å²) in [7, 11) is 0. The largest absolute Gasteiger partial charge is 0.444 e. The fourth-order valence-corrected chi connectivity index (χ4v) is 4.18. The van der Waals surface area contributed by atoms with Crippen molar-refractivity contribution in [2.75, 3.05) is 13.1 Å². The van der Waals surface area contributed by atoms with Crippen LogP contribution in [0.4, 0.5) is 4.79 Å². The number of rotatable bonds is 3. The lowest BCUT2D eigenvalue weighted by Gasteiger charge is -2.47. The second kappa shape index (κ2) is 7.20. The van der Waals surface area contributed by atoms with Crippen molar-refractivity contribution >= 4 is 6.09 Å². The Balaban J connectivity index is 2.07. The first-order valence-electron chi connectivity index (χ1n) is 9.04. The molecule has 1 unspecified atom stereocenters. The zero-order chi connectivity index (χ0) is 16.2. The van der Waals surface area contributed by atoms with Gasteiger partial charge in [0.15, 0.2) is 0 Å². The molecule has 1 aliphatic heterocycles. The molecule has 4 nitrogen and oxygen atoms in total. The highest BCUT2D eigenvalue weighted by Crippen LogP contribution is 2.40. The molecule has 128 valence electrons. The van der Waals surface area contributed by atoms with Crippen molar-refractivity contribution in [1.82, 2.24) is 10.6 Å². The monoisotopic (exact) mass is 310 g/mol. The van der Waals surface area contributed by atoms with Gasteiger partial charge in [-0.1, -0.05) is 26.2 Å². The molecule has 1 saturated carbocycles. The van der Waals surface area contributed by atoms with Crippen LogP contribution in [0.1, 0.15) is 72.6 Å². The SMILES string of the molecule is CC(C1CCNCC1)C1(NC(=O)OC(C)(C)C)CCCCC1. The standard InChI is InChI=1S/C18H34N2O2/c1-14(15-8-12-19-13-9-15)18(10-6-5-7-11-18)20-16(21)22-17(2,3)4/h14-15,19H,5-13H2,1-4H3,(H,20,21). The van der Waals surface area contributed by atoms with Gasteiger partial charge in [-0.05, 0) is 71.4 Å². The van der Waals surface area contributed by atoms with Gasteiger partial charge in [0.1, 0.15) is 5.60 Å². The number of hydrogen-bond donors (Lipinski definition) is 2. The molecule has 2 N–H and O–H groups in total. The molecule has 0 bridgehead atoms. The van der Waals surface area contributed by atoms with E-state index in [9.17, 15) is 4.79 Å². The fourth-order valence-electron chi connectivity index (χ4n) is 4.18. The first-order valence-corrected chi connectivity index (χ1v) is 9.04. The first kappa shape index (κ1) is 17.6. The molecule has 2 rings (SSSR count). The van der Waals surface area contributed by atoms with Crippen LogP contribution in [0.2, 0.25) is 0 Å². The summed E-state index contributed by atoms with van der Waals surface area (Å²) < 4.78 is 5.54. The van der Waals surface area contributed by atoms with Gasteiger partial charge in [0, 0.05) is 5.54 Å².